The van der Waals surface area contributed by atoms with Crippen molar-refractivity contribution >= 4 is 40.2 Å². The van der Waals surface area contributed by atoms with E-state index in [1.54, 1.807) is 22.8 Å². The van der Waals surface area contributed by atoms with Crippen molar-refractivity contribution in [1.82, 2.24) is 14.9 Å². The number of benzene rings is 3. The Hall–Kier alpha value is -3.09. The van der Waals surface area contributed by atoms with Crippen LogP contribution in [0.5, 0.6) is 0 Å². The molecule has 4 aromatic rings. The molecule has 1 heterocycles. The first-order valence-electron chi connectivity index (χ1n) is 11.5. The van der Waals surface area contributed by atoms with Gasteiger partial charge >= 0.3 is 0 Å². The summed E-state index contributed by atoms with van der Waals surface area (Å²) in [7, 11) is 0. The van der Waals surface area contributed by atoms with Crippen LogP contribution in [0.4, 0.5) is 0 Å². The van der Waals surface area contributed by atoms with Crippen molar-refractivity contribution in [3.63, 3.8) is 0 Å². The van der Waals surface area contributed by atoms with E-state index in [9.17, 15) is 9.59 Å². The summed E-state index contributed by atoms with van der Waals surface area (Å²) >= 11 is 7.63. The van der Waals surface area contributed by atoms with Crippen molar-refractivity contribution < 1.29 is 4.79 Å². The fourth-order valence-corrected chi connectivity index (χ4v) is 5.05. The molecule has 0 unspecified atom stereocenters. The summed E-state index contributed by atoms with van der Waals surface area (Å²) in [6.07, 6.45) is 0. The first-order valence-corrected chi connectivity index (χ1v) is 12.9. The molecule has 0 fully saturated rings. The number of hydrogen-bond acceptors (Lipinski definition) is 4. The number of thioether (sulfide) groups is 1. The van der Waals surface area contributed by atoms with Crippen molar-refractivity contribution in [2.75, 3.05) is 6.54 Å². The quantitative estimate of drug-likeness (QED) is 0.235. The number of rotatable bonds is 7. The van der Waals surface area contributed by atoms with E-state index in [1.807, 2.05) is 64.1 Å². The number of nitrogens with one attached hydrogen (secondary N) is 1. The summed E-state index contributed by atoms with van der Waals surface area (Å²) in [5.41, 5.74) is 4.76. The molecule has 1 amide bonds. The van der Waals surface area contributed by atoms with Crippen molar-refractivity contribution in [1.29, 1.82) is 0 Å². The van der Waals surface area contributed by atoms with E-state index in [0.29, 0.717) is 44.9 Å². The standard InChI is InChI=1S/C28H28ClN3O2S/c1-17(2)15-30-26(33)21-8-9-24-25(14-21)31-28(35-16-20-6-5-7-22(29)13-20)32(27(24)34)23-11-18(3)10-19(4)12-23/h5-14,17H,15-16H2,1-4H3,(H,30,33). The third kappa shape index (κ3) is 5.95. The molecule has 7 heteroatoms. The molecule has 0 radical (unpaired) electrons. The van der Waals surface area contributed by atoms with E-state index in [0.717, 1.165) is 22.4 Å². The normalized spacial score (nSPS) is 11.3. The molecule has 0 aliphatic rings. The molecule has 180 valence electrons. The topological polar surface area (TPSA) is 64.0 Å². The van der Waals surface area contributed by atoms with Crippen molar-refractivity contribution in [3.05, 3.63) is 98.3 Å². The van der Waals surface area contributed by atoms with Crippen LogP contribution in [-0.2, 0) is 5.75 Å². The van der Waals surface area contributed by atoms with Gasteiger partial charge in [-0.2, -0.15) is 0 Å². The first-order chi connectivity index (χ1) is 16.7. The molecule has 0 atom stereocenters. The highest BCUT2D eigenvalue weighted by Gasteiger charge is 2.16. The maximum absolute atomic E-state index is 13.7. The van der Waals surface area contributed by atoms with Gasteiger partial charge in [0.15, 0.2) is 5.16 Å². The molecule has 4 rings (SSSR count). The fourth-order valence-electron chi connectivity index (χ4n) is 3.88. The Morgan fingerprint density at radius 1 is 1.06 bits per heavy atom. The van der Waals surface area contributed by atoms with E-state index < -0.39 is 0 Å². The van der Waals surface area contributed by atoms with Gasteiger partial charge in [-0.25, -0.2) is 4.98 Å². The van der Waals surface area contributed by atoms with Crippen LogP contribution >= 0.6 is 23.4 Å². The second-order valence-corrected chi connectivity index (χ2v) is 10.5. The average Bonchev–Trinajstić information content (AvgIpc) is 2.80. The lowest BCUT2D eigenvalue weighted by Gasteiger charge is -2.15. The average molecular weight is 506 g/mol. The van der Waals surface area contributed by atoms with E-state index in [2.05, 4.69) is 11.4 Å². The molecule has 0 bridgehead atoms. The number of aromatic nitrogens is 2. The van der Waals surface area contributed by atoms with E-state index in [1.165, 1.54) is 11.8 Å². The van der Waals surface area contributed by atoms with Gasteiger partial charge in [0.1, 0.15) is 0 Å². The molecule has 0 aliphatic carbocycles. The van der Waals surface area contributed by atoms with Gasteiger partial charge in [-0.15, -0.1) is 0 Å². The van der Waals surface area contributed by atoms with Crippen LogP contribution in [0.25, 0.3) is 16.6 Å². The zero-order chi connectivity index (χ0) is 25.1. The van der Waals surface area contributed by atoms with Crippen LogP contribution < -0.4 is 10.9 Å². The number of amides is 1. The maximum atomic E-state index is 13.7. The number of nitrogens with zero attached hydrogens (tertiary/aromatic N) is 2. The van der Waals surface area contributed by atoms with Gasteiger partial charge in [-0.1, -0.05) is 55.4 Å². The van der Waals surface area contributed by atoms with Gasteiger partial charge in [0.05, 0.1) is 16.6 Å². The van der Waals surface area contributed by atoms with Gasteiger partial charge in [0, 0.05) is 22.9 Å². The van der Waals surface area contributed by atoms with E-state index in [-0.39, 0.29) is 11.5 Å². The summed E-state index contributed by atoms with van der Waals surface area (Å²) < 4.78 is 1.66. The molecular formula is C28H28ClN3O2S. The third-order valence-electron chi connectivity index (χ3n) is 5.49. The van der Waals surface area contributed by atoms with Gasteiger partial charge < -0.3 is 5.32 Å². The Morgan fingerprint density at radius 2 is 1.80 bits per heavy atom. The molecule has 0 aliphatic heterocycles. The summed E-state index contributed by atoms with van der Waals surface area (Å²) in [4.78, 5) is 31.2. The van der Waals surface area contributed by atoms with Crippen LogP contribution in [0.1, 0.15) is 40.9 Å². The molecular weight excluding hydrogens is 478 g/mol. The van der Waals surface area contributed by atoms with Crippen LogP contribution in [0.3, 0.4) is 0 Å². The lowest BCUT2D eigenvalue weighted by Crippen LogP contribution is -2.27. The van der Waals surface area contributed by atoms with Crippen LogP contribution in [-0.4, -0.2) is 22.0 Å². The Labute approximate surface area is 214 Å². The summed E-state index contributed by atoms with van der Waals surface area (Å²) in [6, 6.07) is 18.8. The largest absolute Gasteiger partial charge is 0.352 e. The number of hydrogen-bond donors (Lipinski definition) is 1. The Morgan fingerprint density at radius 3 is 2.49 bits per heavy atom. The van der Waals surface area contributed by atoms with E-state index >= 15 is 0 Å². The Kier molecular flexibility index (Phi) is 7.63. The Balaban J connectivity index is 1.82. The van der Waals surface area contributed by atoms with Gasteiger partial charge in [-0.3, -0.25) is 14.2 Å². The second kappa shape index (κ2) is 10.7. The second-order valence-electron chi connectivity index (χ2n) is 9.14. The molecule has 0 spiro atoms. The number of carbonyl (C=O) groups excluding carboxylic acids is 1. The van der Waals surface area contributed by atoms with Crippen LogP contribution in [0.2, 0.25) is 5.02 Å². The van der Waals surface area contributed by atoms with Crippen LogP contribution in [0, 0.1) is 19.8 Å². The fraction of sp³-hybridized carbons (Fsp3) is 0.250. The number of halogens is 1. The van der Waals surface area contributed by atoms with Crippen molar-refractivity contribution in [2.45, 2.75) is 38.6 Å². The smallest absolute Gasteiger partial charge is 0.266 e. The lowest BCUT2D eigenvalue weighted by molar-refractivity contribution is 0.0949. The van der Waals surface area contributed by atoms with Gasteiger partial charge in [0.2, 0.25) is 0 Å². The lowest BCUT2D eigenvalue weighted by atomic mass is 10.1. The third-order valence-corrected chi connectivity index (χ3v) is 6.74. The Bertz CT molecular complexity index is 1440. The number of aryl methyl sites for hydroxylation is 2. The number of fused-ring (bicyclic) bond motifs is 1. The van der Waals surface area contributed by atoms with Crippen molar-refractivity contribution in [3.8, 4) is 5.69 Å². The van der Waals surface area contributed by atoms with Gasteiger partial charge in [0.25, 0.3) is 11.5 Å². The van der Waals surface area contributed by atoms with Crippen molar-refractivity contribution in [2.24, 2.45) is 5.92 Å². The zero-order valence-corrected chi connectivity index (χ0v) is 21.8. The maximum Gasteiger partial charge on any atom is 0.266 e. The predicted octanol–water partition coefficient (Wildman–Crippen LogP) is 6.33. The summed E-state index contributed by atoms with van der Waals surface area (Å²) in [5.74, 6) is 0.767. The minimum Gasteiger partial charge on any atom is -0.352 e. The minimum absolute atomic E-state index is 0.164. The number of carbonyl (C=O) groups is 1. The molecule has 3 aromatic carbocycles. The highest BCUT2D eigenvalue weighted by molar-refractivity contribution is 7.98. The molecule has 5 nitrogen and oxygen atoms in total. The molecule has 0 saturated carbocycles. The molecule has 0 saturated heterocycles. The molecule has 1 aromatic heterocycles. The first kappa shape index (κ1) is 25.0. The van der Waals surface area contributed by atoms with Crippen LogP contribution in [0.15, 0.2) is 70.6 Å². The SMILES string of the molecule is Cc1cc(C)cc(-n2c(SCc3cccc(Cl)c3)nc3cc(C(=O)NCC(C)C)ccc3c2=O)c1. The van der Waals surface area contributed by atoms with Gasteiger partial charge in [-0.05, 0) is 78.9 Å². The van der Waals surface area contributed by atoms with E-state index in [4.69, 9.17) is 16.6 Å². The zero-order valence-electron chi connectivity index (χ0n) is 20.3. The minimum atomic E-state index is -0.172. The summed E-state index contributed by atoms with van der Waals surface area (Å²) in [6.45, 7) is 8.69. The summed E-state index contributed by atoms with van der Waals surface area (Å²) in [5, 5.41) is 4.62. The molecule has 1 N–H and O–H groups in total. The molecule has 35 heavy (non-hydrogen) atoms. The highest BCUT2D eigenvalue weighted by atomic mass is 35.5. The predicted molar refractivity (Wildman–Crippen MR) is 145 cm³/mol. The monoisotopic (exact) mass is 505 g/mol. The highest BCUT2D eigenvalue weighted by Crippen LogP contribution is 2.27.